The molecule has 0 atom stereocenters. The molecule has 0 spiro atoms. The number of terminal acetylenes is 1. The summed E-state index contributed by atoms with van der Waals surface area (Å²) >= 11 is 0. The van der Waals surface area contributed by atoms with E-state index < -0.39 is 6.03 Å². The number of hydrogen-bond acceptors (Lipinski definition) is 3. The van der Waals surface area contributed by atoms with E-state index >= 15 is 0 Å². The minimum Gasteiger partial charge on any atom is -0.467 e. The van der Waals surface area contributed by atoms with Crippen molar-refractivity contribution in [2.45, 2.75) is 6.54 Å². The van der Waals surface area contributed by atoms with Gasteiger partial charge in [0.2, 0.25) is 5.91 Å². The second-order valence-electron chi connectivity index (χ2n) is 3.10. The summed E-state index contributed by atoms with van der Waals surface area (Å²) < 4.78 is 5.03. The molecule has 3 N–H and O–H groups in total. The van der Waals surface area contributed by atoms with Crippen LogP contribution in [0.3, 0.4) is 0 Å². The summed E-state index contributed by atoms with van der Waals surface area (Å²) in [5, 5.41) is 7.31. The Morgan fingerprint density at radius 3 is 2.82 bits per heavy atom. The van der Waals surface area contributed by atoms with Crippen LogP contribution in [0.15, 0.2) is 22.8 Å². The van der Waals surface area contributed by atoms with Gasteiger partial charge in [-0.25, -0.2) is 4.79 Å². The summed E-state index contributed by atoms with van der Waals surface area (Å²) in [6.07, 6.45) is 6.47. The van der Waals surface area contributed by atoms with Crippen LogP contribution in [0.5, 0.6) is 0 Å². The van der Waals surface area contributed by atoms with Crippen LogP contribution in [-0.4, -0.2) is 25.0 Å². The molecule has 0 unspecified atom stereocenters. The fourth-order valence-electron chi connectivity index (χ4n) is 1.02. The van der Waals surface area contributed by atoms with E-state index in [1.165, 1.54) is 6.26 Å². The van der Waals surface area contributed by atoms with Crippen LogP contribution >= 0.6 is 0 Å². The quantitative estimate of drug-likeness (QED) is 0.619. The van der Waals surface area contributed by atoms with E-state index in [1.54, 1.807) is 12.1 Å². The summed E-state index contributed by atoms with van der Waals surface area (Å²) in [6, 6.07) is 3.00. The minimum absolute atomic E-state index is 0.114. The van der Waals surface area contributed by atoms with Crippen molar-refractivity contribution in [3.63, 3.8) is 0 Å². The van der Waals surface area contributed by atoms with Gasteiger partial charge in [0.15, 0.2) is 0 Å². The lowest BCUT2D eigenvalue weighted by Gasteiger charge is -2.05. The van der Waals surface area contributed by atoms with Gasteiger partial charge in [-0.05, 0) is 12.1 Å². The first-order valence-electron chi connectivity index (χ1n) is 4.96. The van der Waals surface area contributed by atoms with Crippen molar-refractivity contribution < 1.29 is 14.0 Å². The fraction of sp³-hybridized carbons (Fsp3) is 0.273. The third-order valence-electron chi connectivity index (χ3n) is 1.80. The van der Waals surface area contributed by atoms with E-state index in [0.717, 1.165) is 0 Å². The molecule has 0 saturated heterocycles. The van der Waals surface area contributed by atoms with Gasteiger partial charge in [-0.3, -0.25) is 4.79 Å². The van der Waals surface area contributed by atoms with Crippen molar-refractivity contribution in [1.82, 2.24) is 16.0 Å². The SMILES string of the molecule is C#CCNC(=O)NCC(=O)NCc1ccco1. The Bertz CT molecular complexity index is 406. The highest BCUT2D eigenvalue weighted by molar-refractivity contribution is 5.83. The lowest BCUT2D eigenvalue weighted by atomic mass is 10.4. The molecule has 0 aliphatic rings. The van der Waals surface area contributed by atoms with E-state index in [2.05, 4.69) is 21.9 Å². The van der Waals surface area contributed by atoms with Crippen LogP contribution in [0, 0.1) is 12.3 Å². The smallest absolute Gasteiger partial charge is 0.315 e. The zero-order valence-electron chi connectivity index (χ0n) is 9.16. The molecule has 17 heavy (non-hydrogen) atoms. The number of hydrogen-bond donors (Lipinski definition) is 3. The molecule has 0 radical (unpaired) electrons. The molecule has 1 aromatic heterocycles. The molecular weight excluding hydrogens is 222 g/mol. The Kier molecular flexibility index (Phi) is 5.17. The Morgan fingerprint density at radius 2 is 2.18 bits per heavy atom. The van der Waals surface area contributed by atoms with Crippen LogP contribution in [0.2, 0.25) is 0 Å². The monoisotopic (exact) mass is 235 g/mol. The van der Waals surface area contributed by atoms with Gasteiger partial charge in [-0.15, -0.1) is 6.42 Å². The summed E-state index contributed by atoms with van der Waals surface area (Å²) in [7, 11) is 0. The molecule has 0 bridgehead atoms. The number of carbonyl (C=O) groups is 2. The molecule has 3 amide bonds. The predicted octanol–water partition coefficient (Wildman–Crippen LogP) is -0.172. The predicted molar refractivity (Wildman–Crippen MR) is 60.8 cm³/mol. The van der Waals surface area contributed by atoms with Gasteiger partial charge in [0.05, 0.1) is 25.9 Å². The first-order valence-corrected chi connectivity index (χ1v) is 4.96. The van der Waals surface area contributed by atoms with E-state index in [9.17, 15) is 9.59 Å². The number of amides is 3. The van der Waals surface area contributed by atoms with Crippen LogP contribution in [0.4, 0.5) is 4.79 Å². The van der Waals surface area contributed by atoms with Crippen molar-refractivity contribution in [3.8, 4) is 12.3 Å². The van der Waals surface area contributed by atoms with Crippen LogP contribution in [-0.2, 0) is 11.3 Å². The second kappa shape index (κ2) is 6.95. The van der Waals surface area contributed by atoms with E-state index in [0.29, 0.717) is 12.3 Å². The Morgan fingerprint density at radius 1 is 1.35 bits per heavy atom. The average molecular weight is 235 g/mol. The van der Waals surface area contributed by atoms with Crippen molar-refractivity contribution in [1.29, 1.82) is 0 Å². The minimum atomic E-state index is -0.476. The molecule has 6 nitrogen and oxygen atoms in total. The maximum Gasteiger partial charge on any atom is 0.315 e. The molecule has 0 saturated carbocycles. The molecule has 1 rings (SSSR count). The largest absolute Gasteiger partial charge is 0.467 e. The number of furan rings is 1. The van der Waals surface area contributed by atoms with Crippen molar-refractivity contribution in [2.24, 2.45) is 0 Å². The highest BCUT2D eigenvalue weighted by Gasteiger charge is 2.04. The Labute approximate surface area is 98.8 Å². The highest BCUT2D eigenvalue weighted by Crippen LogP contribution is 1.97. The van der Waals surface area contributed by atoms with Gasteiger partial charge >= 0.3 is 6.03 Å². The third-order valence-corrected chi connectivity index (χ3v) is 1.80. The zero-order valence-corrected chi connectivity index (χ0v) is 9.16. The van der Waals surface area contributed by atoms with E-state index in [-0.39, 0.29) is 19.0 Å². The topological polar surface area (TPSA) is 83.4 Å². The second-order valence-corrected chi connectivity index (χ2v) is 3.10. The van der Waals surface area contributed by atoms with Gasteiger partial charge < -0.3 is 20.4 Å². The maximum atomic E-state index is 11.3. The summed E-state index contributed by atoms with van der Waals surface area (Å²) in [5.41, 5.74) is 0. The highest BCUT2D eigenvalue weighted by atomic mass is 16.3. The zero-order chi connectivity index (χ0) is 12.5. The van der Waals surface area contributed by atoms with Crippen LogP contribution in [0.1, 0.15) is 5.76 Å². The van der Waals surface area contributed by atoms with Crippen molar-refractivity contribution in [2.75, 3.05) is 13.1 Å². The first-order chi connectivity index (χ1) is 8.22. The van der Waals surface area contributed by atoms with Crippen LogP contribution < -0.4 is 16.0 Å². The number of rotatable bonds is 5. The Hall–Kier alpha value is -2.42. The molecular formula is C11H13N3O3. The number of nitrogens with one attached hydrogen (secondary N) is 3. The molecule has 1 aromatic rings. The lowest BCUT2D eigenvalue weighted by molar-refractivity contribution is -0.120. The van der Waals surface area contributed by atoms with Crippen molar-refractivity contribution in [3.05, 3.63) is 24.2 Å². The van der Waals surface area contributed by atoms with Gasteiger partial charge in [0, 0.05) is 0 Å². The average Bonchev–Trinajstić information content (AvgIpc) is 2.84. The summed E-state index contributed by atoms with van der Waals surface area (Å²) in [5.74, 6) is 2.59. The molecule has 0 aromatic carbocycles. The standard InChI is InChI=1S/C11H13N3O3/c1-2-5-12-11(16)14-8-10(15)13-7-9-4-3-6-17-9/h1,3-4,6H,5,7-8H2,(H,13,15)(H2,12,14,16). The normalized spacial score (nSPS) is 9.12. The van der Waals surface area contributed by atoms with Crippen molar-refractivity contribution >= 4 is 11.9 Å². The molecule has 0 fully saturated rings. The number of carbonyl (C=O) groups excluding carboxylic acids is 2. The van der Waals surface area contributed by atoms with Crippen LogP contribution in [0.25, 0.3) is 0 Å². The van der Waals surface area contributed by atoms with Gasteiger partial charge in [0.1, 0.15) is 5.76 Å². The van der Waals surface area contributed by atoms with Gasteiger partial charge in [-0.2, -0.15) is 0 Å². The molecule has 0 aliphatic heterocycles. The molecule has 0 aliphatic carbocycles. The Balaban J connectivity index is 2.13. The maximum absolute atomic E-state index is 11.3. The van der Waals surface area contributed by atoms with E-state index in [4.69, 9.17) is 10.8 Å². The van der Waals surface area contributed by atoms with E-state index in [1.807, 2.05) is 0 Å². The molecule has 90 valence electrons. The fourth-order valence-corrected chi connectivity index (χ4v) is 1.02. The summed E-state index contributed by atoms with van der Waals surface area (Å²) in [4.78, 5) is 22.3. The third kappa shape index (κ3) is 5.28. The lowest BCUT2D eigenvalue weighted by Crippen LogP contribution is -2.41. The number of urea groups is 1. The van der Waals surface area contributed by atoms with Gasteiger partial charge in [-0.1, -0.05) is 5.92 Å². The van der Waals surface area contributed by atoms with Gasteiger partial charge in [0.25, 0.3) is 0 Å². The molecule has 1 heterocycles. The first kappa shape index (κ1) is 12.6. The molecule has 6 heteroatoms. The summed E-state index contributed by atoms with van der Waals surface area (Å²) in [6.45, 7) is 0.302.